The first-order valence-corrected chi connectivity index (χ1v) is 8.42. The lowest BCUT2D eigenvalue weighted by Crippen LogP contribution is -2.17. The quantitative estimate of drug-likeness (QED) is 0.787. The molecular formula is C21H20N2O3. The van der Waals surface area contributed by atoms with E-state index < -0.39 is 0 Å². The maximum atomic E-state index is 12.6. The maximum absolute atomic E-state index is 12.6. The van der Waals surface area contributed by atoms with E-state index >= 15 is 0 Å². The summed E-state index contributed by atoms with van der Waals surface area (Å²) in [6.45, 7) is 0.510. The van der Waals surface area contributed by atoms with Crippen LogP contribution in [0.15, 0.2) is 48.7 Å². The number of rotatable bonds is 4. The molecule has 2 heterocycles. The highest BCUT2D eigenvalue weighted by molar-refractivity contribution is 6.31. The van der Waals surface area contributed by atoms with Crippen LogP contribution in [0.3, 0.4) is 0 Å². The molecule has 0 aliphatic carbocycles. The van der Waals surface area contributed by atoms with Crippen molar-refractivity contribution in [1.29, 1.82) is 0 Å². The van der Waals surface area contributed by atoms with E-state index in [9.17, 15) is 4.79 Å². The number of aryl methyl sites for hydroxylation is 1. The van der Waals surface area contributed by atoms with Gasteiger partial charge in [-0.15, -0.1) is 0 Å². The van der Waals surface area contributed by atoms with Gasteiger partial charge in [-0.1, -0.05) is 24.3 Å². The predicted molar refractivity (Wildman–Crippen MR) is 102 cm³/mol. The second-order valence-electron chi connectivity index (χ2n) is 6.28. The van der Waals surface area contributed by atoms with Gasteiger partial charge in [0.2, 0.25) is 0 Å². The van der Waals surface area contributed by atoms with Crippen molar-refractivity contribution in [3.8, 4) is 11.5 Å². The highest BCUT2D eigenvalue weighted by Gasteiger charge is 2.27. The molecule has 5 nitrogen and oxygen atoms in total. The Bertz CT molecular complexity index is 1050. The molecule has 4 rings (SSSR count). The van der Waals surface area contributed by atoms with E-state index in [-0.39, 0.29) is 5.91 Å². The van der Waals surface area contributed by atoms with Crippen LogP contribution in [-0.4, -0.2) is 31.2 Å². The Kier molecular flexibility index (Phi) is 3.92. The number of hydrogen-bond donors (Lipinski definition) is 1. The van der Waals surface area contributed by atoms with Crippen LogP contribution in [0, 0.1) is 0 Å². The lowest BCUT2D eigenvalue weighted by molar-refractivity contribution is -0.114. The van der Waals surface area contributed by atoms with E-state index in [0.717, 1.165) is 27.6 Å². The van der Waals surface area contributed by atoms with Crippen molar-refractivity contribution in [2.75, 3.05) is 20.8 Å². The van der Waals surface area contributed by atoms with Crippen LogP contribution in [0.4, 0.5) is 0 Å². The molecule has 1 aromatic heterocycles. The molecule has 0 unspecified atom stereocenters. The number of para-hydroxylation sites is 1. The summed E-state index contributed by atoms with van der Waals surface area (Å²) in [4.78, 5) is 12.6. The third kappa shape index (κ3) is 2.44. The minimum absolute atomic E-state index is 0.0693. The Morgan fingerprint density at radius 2 is 1.81 bits per heavy atom. The lowest BCUT2D eigenvalue weighted by atomic mass is 9.96. The van der Waals surface area contributed by atoms with E-state index in [0.29, 0.717) is 23.6 Å². The summed E-state index contributed by atoms with van der Waals surface area (Å²) in [6, 6.07) is 13.8. The molecule has 1 aliphatic heterocycles. The molecule has 26 heavy (non-hydrogen) atoms. The van der Waals surface area contributed by atoms with Crippen LogP contribution in [0.5, 0.6) is 11.5 Å². The number of amides is 1. The molecule has 1 amide bonds. The number of fused-ring (bicyclic) bond motifs is 1. The van der Waals surface area contributed by atoms with Crippen LogP contribution < -0.4 is 14.8 Å². The van der Waals surface area contributed by atoms with Gasteiger partial charge in [-0.3, -0.25) is 4.79 Å². The number of carbonyl (C=O) groups is 1. The molecule has 1 N–H and O–H groups in total. The number of hydrogen-bond acceptors (Lipinski definition) is 3. The van der Waals surface area contributed by atoms with Gasteiger partial charge in [0.25, 0.3) is 5.91 Å². The van der Waals surface area contributed by atoms with Crippen molar-refractivity contribution < 1.29 is 14.3 Å². The molecule has 5 heteroatoms. The molecule has 0 spiro atoms. The van der Waals surface area contributed by atoms with Crippen molar-refractivity contribution in [2.45, 2.75) is 0 Å². The molecular weight excluding hydrogens is 328 g/mol. The maximum Gasteiger partial charge on any atom is 0.252 e. The first-order valence-electron chi connectivity index (χ1n) is 8.42. The van der Waals surface area contributed by atoms with E-state index in [2.05, 4.69) is 28.2 Å². The Labute approximate surface area is 151 Å². The molecule has 0 saturated heterocycles. The van der Waals surface area contributed by atoms with Crippen LogP contribution in [-0.2, 0) is 11.8 Å². The highest BCUT2D eigenvalue weighted by Crippen LogP contribution is 2.37. The average molecular weight is 348 g/mol. The minimum atomic E-state index is -0.0693. The second-order valence-corrected chi connectivity index (χ2v) is 6.28. The van der Waals surface area contributed by atoms with Crippen molar-refractivity contribution in [3.05, 3.63) is 59.8 Å². The second kappa shape index (κ2) is 6.26. The Morgan fingerprint density at radius 3 is 2.58 bits per heavy atom. The minimum Gasteiger partial charge on any atom is -0.493 e. The molecule has 0 saturated carbocycles. The molecule has 2 aromatic carbocycles. The summed E-state index contributed by atoms with van der Waals surface area (Å²) in [6.07, 6.45) is 2.08. The number of carbonyl (C=O) groups excluding carboxylic acids is 1. The van der Waals surface area contributed by atoms with E-state index in [1.54, 1.807) is 14.2 Å². The van der Waals surface area contributed by atoms with Gasteiger partial charge in [-0.05, 0) is 29.3 Å². The summed E-state index contributed by atoms with van der Waals surface area (Å²) in [5.41, 5.74) is 4.72. The Hall–Kier alpha value is -3.21. The van der Waals surface area contributed by atoms with Crippen LogP contribution >= 0.6 is 0 Å². The largest absolute Gasteiger partial charge is 0.493 e. The van der Waals surface area contributed by atoms with Crippen molar-refractivity contribution in [3.63, 3.8) is 0 Å². The fraction of sp³-hybridized carbons (Fsp3) is 0.190. The molecule has 132 valence electrons. The van der Waals surface area contributed by atoms with E-state index in [4.69, 9.17) is 9.47 Å². The number of nitrogens with one attached hydrogen (secondary N) is 1. The number of ether oxygens (including phenoxy) is 2. The number of benzene rings is 2. The van der Waals surface area contributed by atoms with Gasteiger partial charge in [-0.2, -0.15) is 0 Å². The van der Waals surface area contributed by atoms with Gasteiger partial charge in [-0.25, -0.2) is 0 Å². The van der Waals surface area contributed by atoms with Crippen molar-refractivity contribution >= 4 is 28.0 Å². The van der Waals surface area contributed by atoms with Crippen LogP contribution in [0.25, 0.3) is 22.0 Å². The van der Waals surface area contributed by atoms with Gasteiger partial charge < -0.3 is 19.4 Å². The first kappa shape index (κ1) is 16.3. The number of nitrogens with zero attached hydrogens (tertiary/aromatic N) is 1. The molecule has 0 bridgehead atoms. The zero-order valence-electron chi connectivity index (χ0n) is 15.0. The monoisotopic (exact) mass is 348 g/mol. The zero-order chi connectivity index (χ0) is 18.3. The smallest absolute Gasteiger partial charge is 0.252 e. The van der Waals surface area contributed by atoms with Gasteiger partial charge in [0.05, 0.1) is 19.8 Å². The van der Waals surface area contributed by atoms with Crippen molar-refractivity contribution in [2.24, 2.45) is 7.05 Å². The third-order valence-electron chi connectivity index (χ3n) is 4.85. The van der Waals surface area contributed by atoms with Crippen LogP contribution in [0.1, 0.15) is 11.1 Å². The SMILES string of the molecule is COc1ccc(C2=C(c3cn(C)c4ccccc34)CNC2=O)cc1OC. The molecule has 0 radical (unpaired) electrons. The highest BCUT2D eigenvalue weighted by atomic mass is 16.5. The van der Waals surface area contributed by atoms with Crippen molar-refractivity contribution in [1.82, 2.24) is 9.88 Å². The van der Waals surface area contributed by atoms with Gasteiger partial charge >= 0.3 is 0 Å². The molecule has 0 fully saturated rings. The topological polar surface area (TPSA) is 52.5 Å². The van der Waals surface area contributed by atoms with Crippen LogP contribution in [0.2, 0.25) is 0 Å². The van der Waals surface area contributed by atoms with Gasteiger partial charge in [0.15, 0.2) is 11.5 Å². The fourth-order valence-electron chi connectivity index (χ4n) is 3.59. The average Bonchev–Trinajstić information content (AvgIpc) is 3.21. The number of methoxy groups -OCH3 is 2. The summed E-state index contributed by atoms with van der Waals surface area (Å²) < 4.78 is 12.8. The Balaban J connectivity index is 1.94. The molecule has 0 atom stereocenters. The summed E-state index contributed by atoms with van der Waals surface area (Å²) in [7, 11) is 5.21. The van der Waals surface area contributed by atoms with E-state index in [1.165, 1.54) is 0 Å². The van der Waals surface area contributed by atoms with Gasteiger partial charge in [0.1, 0.15) is 0 Å². The molecule has 3 aromatic rings. The Morgan fingerprint density at radius 1 is 1.04 bits per heavy atom. The summed E-state index contributed by atoms with van der Waals surface area (Å²) in [5.74, 6) is 1.18. The lowest BCUT2D eigenvalue weighted by Gasteiger charge is -2.10. The zero-order valence-corrected chi connectivity index (χ0v) is 15.0. The third-order valence-corrected chi connectivity index (χ3v) is 4.85. The summed E-state index contributed by atoms with van der Waals surface area (Å²) in [5, 5.41) is 4.10. The fourth-order valence-corrected chi connectivity index (χ4v) is 3.59. The standard InChI is InChI=1S/C21H20N2O3/c1-23-12-16(14-6-4-5-7-17(14)23)15-11-22-21(24)20(15)13-8-9-18(25-2)19(10-13)26-3/h4-10,12H,11H2,1-3H3,(H,22,24). The number of aromatic nitrogens is 1. The normalized spacial score (nSPS) is 14.0. The van der Waals surface area contributed by atoms with E-state index in [1.807, 2.05) is 37.4 Å². The predicted octanol–water partition coefficient (Wildman–Crippen LogP) is 3.24. The van der Waals surface area contributed by atoms with Gasteiger partial charge in [0, 0.05) is 36.3 Å². The summed E-state index contributed by atoms with van der Waals surface area (Å²) >= 11 is 0. The first-order chi connectivity index (χ1) is 12.6. The molecule has 1 aliphatic rings.